The van der Waals surface area contributed by atoms with Gasteiger partial charge in [0.1, 0.15) is 18.3 Å². The third kappa shape index (κ3) is 2.22. The first-order valence-electron chi connectivity index (χ1n) is 7.35. The number of halogens is 1. The van der Waals surface area contributed by atoms with E-state index < -0.39 is 0 Å². The maximum atomic E-state index is 12.6. The highest BCUT2D eigenvalue weighted by Gasteiger charge is 2.39. The van der Waals surface area contributed by atoms with Crippen LogP contribution in [0.25, 0.3) is 5.69 Å². The van der Waals surface area contributed by atoms with Gasteiger partial charge in [-0.2, -0.15) is 5.10 Å². The number of para-hydroxylation sites is 1. The van der Waals surface area contributed by atoms with E-state index in [1.54, 1.807) is 17.1 Å². The van der Waals surface area contributed by atoms with Gasteiger partial charge in [0.25, 0.3) is 0 Å². The number of hydrogen-bond donors (Lipinski definition) is 1. The zero-order valence-electron chi connectivity index (χ0n) is 11.8. The van der Waals surface area contributed by atoms with Crippen LogP contribution in [0.4, 0.5) is 5.69 Å². The van der Waals surface area contributed by atoms with Crippen molar-refractivity contribution >= 4 is 23.2 Å². The molecule has 0 spiro atoms. The van der Waals surface area contributed by atoms with Crippen LogP contribution in [-0.2, 0) is 4.79 Å². The first-order chi connectivity index (χ1) is 10.7. The molecule has 1 heterocycles. The summed E-state index contributed by atoms with van der Waals surface area (Å²) < 4.78 is 1.57. The summed E-state index contributed by atoms with van der Waals surface area (Å²) in [6, 6.07) is 5.43. The Morgan fingerprint density at radius 2 is 2.23 bits per heavy atom. The monoisotopic (exact) mass is 314 g/mol. The van der Waals surface area contributed by atoms with Crippen molar-refractivity contribution in [1.29, 1.82) is 0 Å². The van der Waals surface area contributed by atoms with Gasteiger partial charge in [0.15, 0.2) is 0 Å². The van der Waals surface area contributed by atoms with Crippen LogP contribution in [0.2, 0.25) is 5.02 Å². The van der Waals surface area contributed by atoms with Crippen molar-refractivity contribution in [2.75, 3.05) is 5.32 Å². The molecule has 1 aromatic heterocycles. The Morgan fingerprint density at radius 3 is 2.91 bits per heavy atom. The van der Waals surface area contributed by atoms with Gasteiger partial charge in [0.2, 0.25) is 5.91 Å². The van der Waals surface area contributed by atoms with Gasteiger partial charge in [-0.25, -0.2) is 9.67 Å². The molecular weight excluding hydrogens is 300 g/mol. The minimum atomic E-state index is 0.0533. The van der Waals surface area contributed by atoms with Crippen molar-refractivity contribution in [2.24, 2.45) is 17.8 Å². The van der Waals surface area contributed by atoms with Gasteiger partial charge in [-0.1, -0.05) is 29.8 Å². The first-order valence-corrected chi connectivity index (χ1v) is 7.73. The largest absolute Gasteiger partial charge is 0.324 e. The second-order valence-electron chi connectivity index (χ2n) is 5.85. The first kappa shape index (κ1) is 13.5. The highest BCUT2D eigenvalue weighted by molar-refractivity contribution is 6.33. The Bertz CT molecular complexity index is 741. The normalized spacial score (nSPS) is 25.6. The van der Waals surface area contributed by atoms with Crippen LogP contribution in [0.1, 0.15) is 12.8 Å². The van der Waals surface area contributed by atoms with Gasteiger partial charge in [0, 0.05) is 5.92 Å². The van der Waals surface area contributed by atoms with E-state index >= 15 is 0 Å². The molecule has 0 aliphatic heterocycles. The van der Waals surface area contributed by atoms with Crippen LogP contribution in [0.15, 0.2) is 43.0 Å². The minimum Gasteiger partial charge on any atom is -0.324 e. The molecular formula is C16H15ClN4O. The lowest BCUT2D eigenvalue weighted by atomic mass is 9.93. The molecule has 1 N–H and O–H groups in total. The summed E-state index contributed by atoms with van der Waals surface area (Å²) in [6.45, 7) is 0. The third-order valence-electron chi connectivity index (χ3n) is 4.51. The molecule has 1 amide bonds. The van der Waals surface area contributed by atoms with E-state index in [0.29, 0.717) is 28.2 Å². The van der Waals surface area contributed by atoms with Gasteiger partial charge in [-0.15, -0.1) is 0 Å². The lowest BCUT2D eigenvalue weighted by molar-refractivity contribution is -0.120. The summed E-state index contributed by atoms with van der Waals surface area (Å²) in [5, 5.41) is 7.65. The second-order valence-corrected chi connectivity index (χ2v) is 6.26. The van der Waals surface area contributed by atoms with Crippen LogP contribution in [0, 0.1) is 17.8 Å². The number of carbonyl (C=O) groups is 1. The molecule has 1 saturated carbocycles. The number of allylic oxidation sites excluding steroid dienone is 2. The van der Waals surface area contributed by atoms with E-state index in [9.17, 15) is 4.79 Å². The molecule has 0 saturated heterocycles. The van der Waals surface area contributed by atoms with Crippen molar-refractivity contribution in [2.45, 2.75) is 12.8 Å². The number of carbonyl (C=O) groups excluding carboxylic acids is 1. The molecule has 0 radical (unpaired) electrons. The van der Waals surface area contributed by atoms with Gasteiger partial charge in [-0.05, 0) is 36.8 Å². The Labute approximate surface area is 133 Å². The summed E-state index contributed by atoms with van der Waals surface area (Å²) in [5.41, 5.74) is 1.31. The lowest BCUT2D eigenvalue weighted by Crippen LogP contribution is -2.26. The highest BCUT2D eigenvalue weighted by atomic mass is 35.5. The van der Waals surface area contributed by atoms with E-state index in [1.165, 1.54) is 6.33 Å². The van der Waals surface area contributed by atoms with E-state index in [0.717, 1.165) is 12.8 Å². The summed E-state index contributed by atoms with van der Waals surface area (Å²) in [6.07, 6.45) is 9.45. The number of anilines is 1. The van der Waals surface area contributed by atoms with Crippen molar-refractivity contribution in [1.82, 2.24) is 14.8 Å². The van der Waals surface area contributed by atoms with Crippen LogP contribution >= 0.6 is 11.6 Å². The number of benzene rings is 1. The average Bonchev–Trinajstić information content (AvgIpc) is 3.25. The van der Waals surface area contributed by atoms with E-state index in [2.05, 4.69) is 27.6 Å². The Morgan fingerprint density at radius 1 is 1.32 bits per heavy atom. The fraction of sp³-hybridized carbons (Fsp3) is 0.312. The zero-order chi connectivity index (χ0) is 15.1. The number of nitrogens with zero attached hydrogens (tertiary/aromatic N) is 3. The maximum absolute atomic E-state index is 12.6. The second kappa shape index (κ2) is 5.25. The zero-order valence-corrected chi connectivity index (χ0v) is 12.6. The number of amides is 1. The van der Waals surface area contributed by atoms with Crippen molar-refractivity contribution in [3.63, 3.8) is 0 Å². The van der Waals surface area contributed by atoms with Crippen LogP contribution in [0.3, 0.4) is 0 Å². The van der Waals surface area contributed by atoms with Gasteiger partial charge in [0.05, 0.1) is 10.7 Å². The molecule has 2 bridgehead atoms. The molecule has 112 valence electrons. The molecule has 22 heavy (non-hydrogen) atoms. The molecule has 2 aromatic rings. The fourth-order valence-corrected chi connectivity index (χ4v) is 3.74. The number of hydrogen-bond acceptors (Lipinski definition) is 3. The predicted molar refractivity (Wildman–Crippen MR) is 83.8 cm³/mol. The molecule has 2 aliphatic rings. The van der Waals surface area contributed by atoms with E-state index in [-0.39, 0.29) is 11.8 Å². The summed E-state index contributed by atoms with van der Waals surface area (Å²) in [5.74, 6) is 1.05. The number of rotatable bonds is 3. The molecule has 2 aliphatic carbocycles. The van der Waals surface area contributed by atoms with Crippen LogP contribution in [0.5, 0.6) is 0 Å². The third-order valence-corrected chi connectivity index (χ3v) is 4.81. The standard InChI is InChI=1S/C16H15ClN4O/c17-13-2-1-3-14(15(13)21-9-18-8-19-21)20-16(22)12-7-10-4-5-11(12)6-10/h1-5,8-12H,6-7H2,(H,20,22)/t10-,11-,12+/m0/s1. The maximum Gasteiger partial charge on any atom is 0.228 e. The molecule has 1 aromatic carbocycles. The Hall–Kier alpha value is -2.14. The molecule has 1 fully saturated rings. The summed E-state index contributed by atoms with van der Waals surface area (Å²) >= 11 is 6.28. The fourth-order valence-electron chi connectivity index (χ4n) is 3.48. The number of fused-ring (bicyclic) bond motifs is 2. The molecule has 3 atom stereocenters. The van der Waals surface area contributed by atoms with Crippen molar-refractivity contribution in [3.8, 4) is 5.69 Å². The van der Waals surface area contributed by atoms with Crippen LogP contribution < -0.4 is 5.32 Å². The van der Waals surface area contributed by atoms with Gasteiger partial charge >= 0.3 is 0 Å². The minimum absolute atomic E-state index is 0.0533. The van der Waals surface area contributed by atoms with Gasteiger partial charge in [-0.3, -0.25) is 4.79 Å². The van der Waals surface area contributed by atoms with Crippen LogP contribution in [-0.4, -0.2) is 20.7 Å². The SMILES string of the molecule is O=C(Nc1cccc(Cl)c1-n1cncn1)[C@@H]1C[C@H]2C=C[C@H]1C2. The molecule has 0 unspecified atom stereocenters. The Balaban J connectivity index is 1.62. The van der Waals surface area contributed by atoms with Crippen molar-refractivity contribution < 1.29 is 4.79 Å². The predicted octanol–water partition coefficient (Wildman–Crippen LogP) is 3.07. The number of nitrogens with one attached hydrogen (secondary N) is 1. The topological polar surface area (TPSA) is 59.8 Å². The Kier molecular flexibility index (Phi) is 3.22. The van der Waals surface area contributed by atoms with E-state index in [4.69, 9.17) is 11.6 Å². The lowest BCUT2D eigenvalue weighted by Gasteiger charge is -2.19. The van der Waals surface area contributed by atoms with E-state index in [1.807, 2.05) is 12.1 Å². The number of aromatic nitrogens is 3. The molecule has 5 nitrogen and oxygen atoms in total. The summed E-state index contributed by atoms with van der Waals surface area (Å²) in [7, 11) is 0. The summed E-state index contributed by atoms with van der Waals surface area (Å²) in [4.78, 5) is 16.5. The van der Waals surface area contributed by atoms with Gasteiger partial charge < -0.3 is 5.32 Å². The molecule has 6 heteroatoms. The smallest absolute Gasteiger partial charge is 0.228 e. The molecule has 4 rings (SSSR count). The van der Waals surface area contributed by atoms with Crippen molar-refractivity contribution in [3.05, 3.63) is 48.0 Å². The average molecular weight is 315 g/mol. The highest BCUT2D eigenvalue weighted by Crippen LogP contribution is 2.44. The quantitative estimate of drug-likeness (QED) is 0.886.